The fraction of sp³-hybridized carbons (Fsp3) is 0.608. The highest BCUT2D eigenvalue weighted by atomic mass is 16.6. The van der Waals surface area contributed by atoms with Gasteiger partial charge < -0.3 is 14.2 Å². The first-order valence-corrected chi connectivity index (χ1v) is 32.5. The second kappa shape index (κ2) is 66.5. The minimum atomic E-state index is -0.819. The summed E-state index contributed by atoms with van der Waals surface area (Å²) in [5.41, 5.74) is 0. The molecule has 80 heavy (non-hydrogen) atoms. The molecule has 0 aliphatic rings. The molecule has 0 spiro atoms. The van der Waals surface area contributed by atoms with Crippen LogP contribution < -0.4 is 0 Å². The smallest absolute Gasteiger partial charge is 0.306 e. The molecule has 6 nitrogen and oxygen atoms in total. The fourth-order valence-corrected chi connectivity index (χ4v) is 8.38. The largest absolute Gasteiger partial charge is 0.462 e. The van der Waals surface area contributed by atoms with Crippen LogP contribution in [0, 0.1) is 0 Å². The summed E-state index contributed by atoms with van der Waals surface area (Å²) in [6.45, 7) is 6.42. The van der Waals surface area contributed by atoms with Gasteiger partial charge in [-0.25, -0.2) is 0 Å². The number of ether oxygens (including phenoxy) is 3. The van der Waals surface area contributed by atoms with Gasteiger partial charge in [0.25, 0.3) is 0 Å². The molecule has 0 saturated heterocycles. The molecule has 0 amide bonds. The van der Waals surface area contributed by atoms with Crippen molar-refractivity contribution in [1.82, 2.24) is 0 Å². The summed E-state index contributed by atoms with van der Waals surface area (Å²) in [7, 11) is 0. The molecule has 0 rings (SSSR count). The molecule has 0 aliphatic carbocycles. The molecule has 0 aromatic heterocycles. The number of hydrogen-bond donors (Lipinski definition) is 0. The molecule has 0 heterocycles. The van der Waals surface area contributed by atoms with Crippen LogP contribution in [0.5, 0.6) is 0 Å². The lowest BCUT2D eigenvalue weighted by Crippen LogP contribution is -2.30. The molecule has 0 saturated carbocycles. The zero-order valence-electron chi connectivity index (χ0n) is 51.5. The molecule has 1 unspecified atom stereocenters. The maximum atomic E-state index is 12.9. The highest BCUT2D eigenvalue weighted by Gasteiger charge is 2.19. The van der Waals surface area contributed by atoms with Gasteiger partial charge in [0.05, 0.1) is 0 Å². The van der Waals surface area contributed by atoms with Crippen molar-refractivity contribution in [2.24, 2.45) is 0 Å². The van der Waals surface area contributed by atoms with E-state index in [1.54, 1.807) is 0 Å². The van der Waals surface area contributed by atoms with E-state index in [-0.39, 0.29) is 37.5 Å². The van der Waals surface area contributed by atoms with Gasteiger partial charge in [0.15, 0.2) is 6.10 Å². The van der Waals surface area contributed by atoms with Crippen molar-refractivity contribution in [2.45, 2.75) is 277 Å². The Hall–Kier alpha value is -4.97. The third-order valence-corrected chi connectivity index (χ3v) is 13.2. The number of carbonyl (C=O) groups is 3. The first kappa shape index (κ1) is 75.0. The number of allylic oxidation sites excluding steroid dienone is 26. The number of unbranched alkanes of at least 4 members (excludes halogenated alkanes) is 20. The number of esters is 3. The standard InChI is InChI=1S/C74H118O6/c1-4-7-10-13-16-19-22-25-28-31-33-34-35-36-37-38-39-40-42-43-46-49-52-55-58-61-64-67-73(76)79-70-71(69-78-72(75)66-63-60-57-54-51-48-45-30-27-24-21-18-15-12-9-6-3)80-74(77)68-65-62-59-56-53-50-47-44-41-32-29-26-23-20-17-14-11-8-5-2/h7,10,16-17,19-21,24-26,28-30,33-34,36-37,39-41,43-46,52,55,71H,4-6,8-9,11-15,18,22-23,27,31-32,35,38,42,47-51,53-54,56-70H2,1-3H3/b10-7-,19-16-,20-17-,24-21-,28-25-,29-26-,34-33-,37-36-,40-39-,44-41-,45-30-,46-43-,55-52-. The zero-order valence-corrected chi connectivity index (χ0v) is 51.5. The average Bonchev–Trinajstić information content (AvgIpc) is 3.46. The van der Waals surface area contributed by atoms with Crippen LogP contribution in [-0.2, 0) is 28.6 Å². The van der Waals surface area contributed by atoms with E-state index in [1.165, 1.54) is 70.6 Å². The minimum absolute atomic E-state index is 0.111. The lowest BCUT2D eigenvalue weighted by molar-refractivity contribution is -0.167. The van der Waals surface area contributed by atoms with E-state index >= 15 is 0 Å². The fourth-order valence-electron chi connectivity index (χ4n) is 8.38. The van der Waals surface area contributed by atoms with Crippen LogP contribution in [0.15, 0.2) is 158 Å². The Balaban J connectivity index is 4.52. The maximum absolute atomic E-state index is 12.9. The predicted molar refractivity (Wildman–Crippen MR) is 348 cm³/mol. The summed E-state index contributed by atoms with van der Waals surface area (Å²) >= 11 is 0. The van der Waals surface area contributed by atoms with Crippen molar-refractivity contribution < 1.29 is 28.6 Å². The van der Waals surface area contributed by atoms with E-state index in [1.807, 2.05) is 0 Å². The van der Waals surface area contributed by atoms with E-state index < -0.39 is 6.10 Å². The maximum Gasteiger partial charge on any atom is 0.306 e. The zero-order chi connectivity index (χ0) is 57.8. The van der Waals surface area contributed by atoms with Gasteiger partial charge >= 0.3 is 17.9 Å². The number of rotatable bonds is 57. The predicted octanol–water partition coefficient (Wildman–Crippen LogP) is 22.5. The summed E-state index contributed by atoms with van der Waals surface area (Å²) in [4.78, 5) is 38.3. The van der Waals surface area contributed by atoms with E-state index in [0.717, 1.165) is 154 Å². The Morgan fingerprint density at radius 1 is 0.263 bits per heavy atom. The van der Waals surface area contributed by atoms with Crippen LogP contribution in [0.3, 0.4) is 0 Å². The molecule has 0 bridgehead atoms. The molecule has 0 aliphatic heterocycles. The van der Waals surface area contributed by atoms with Crippen molar-refractivity contribution in [2.75, 3.05) is 13.2 Å². The lowest BCUT2D eigenvalue weighted by atomic mass is 10.1. The highest BCUT2D eigenvalue weighted by molar-refractivity contribution is 5.71. The van der Waals surface area contributed by atoms with Crippen molar-refractivity contribution in [3.8, 4) is 0 Å². The number of carbonyl (C=O) groups excluding carboxylic acids is 3. The Morgan fingerprint density at radius 2 is 0.487 bits per heavy atom. The molecule has 6 heteroatoms. The van der Waals surface area contributed by atoms with Gasteiger partial charge in [-0.1, -0.05) is 256 Å². The molecule has 0 radical (unpaired) electrons. The summed E-state index contributed by atoms with van der Waals surface area (Å²) in [6, 6.07) is 0. The van der Waals surface area contributed by atoms with Gasteiger partial charge in [0.2, 0.25) is 0 Å². The van der Waals surface area contributed by atoms with Crippen LogP contribution in [0.2, 0.25) is 0 Å². The molecular formula is C74H118O6. The Labute approximate surface area is 492 Å². The van der Waals surface area contributed by atoms with Crippen molar-refractivity contribution in [1.29, 1.82) is 0 Å². The van der Waals surface area contributed by atoms with Crippen LogP contribution in [-0.4, -0.2) is 37.2 Å². The van der Waals surface area contributed by atoms with E-state index in [9.17, 15) is 14.4 Å². The normalized spacial score (nSPS) is 13.2. The molecule has 0 N–H and O–H groups in total. The quantitative estimate of drug-likeness (QED) is 0.0261. The minimum Gasteiger partial charge on any atom is -0.462 e. The molecule has 450 valence electrons. The second-order valence-electron chi connectivity index (χ2n) is 20.9. The Bertz CT molecular complexity index is 1790. The van der Waals surface area contributed by atoms with Crippen LogP contribution >= 0.6 is 0 Å². The molecule has 1 atom stereocenters. The third-order valence-electron chi connectivity index (χ3n) is 13.2. The average molecular weight is 1100 g/mol. The van der Waals surface area contributed by atoms with E-state index in [2.05, 4.69) is 179 Å². The SMILES string of the molecule is CC/C=C\C/C=C\C/C=C\C/C=C\C/C=C\C/C=C\C/C=C\C/C=C\CCCCC(=O)OCC(COC(=O)CCCCCCC/C=C\C/C=C\CCCCCC)OC(=O)CCCCCCCC/C=C\C/C=C\C/C=C\CCCCC. The Morgan fingerprint density at radius 3 is 0.812 bits per heavy atom. The van der Waals surface area contributed by atoms with Gasteiger partial charge in [-0.15, -0.1) is 0 Å². The first-order valence-electron chi connectivity index (χ1n) is 32.5. The monoisotopic (exact) mass is 1100 g/mol. The molecule has 0 aromatic rings. The second-order valence-corrected chi connectivity index (χ2v) is 20.9. The lowest BCUT2D eigenvalue weighted by Gasteiger charge is -2.18. The van der Waals surface area contributed by atoms with Crippen molar-refractivity contribution in [3.63, 3.8) is 0 Å². The van der Waals surface area contributed by atoms with E-state index in [0.29, 0.717) is 19.3 Å². The van der Waals surface area contributed by atoms with Gasteiger partial charge in [0.1, 0.15) is 13.2 Å². The van der Waals surface area contributed by atoms with Crippen molar-refractivity contribution in [3.05, 3.63) is 158 Å². The van der Waals surface area contributed by atoms with E-state index in [4.69, 9.17) is 14.2 Å². The summed E-state index contributed by atoms with van der Waals surface area (Å²) in [5.74, 6) is -0.984. The van der Waals surface area contributed by atoms with Crippen LogP contribution in [0.1, 0.15) is 271 Å². The summed E-state index contributed by atoms with van der Waals surface area (Å²) < 4.78 is 16.9. The number of hydrogen-bond acceptors (Lipinski definition) is 6. The highest BCUT2D eigenvalue weighted by Crippen LogP contribution is 2.13. The Kier molecular flexibility index (Phi) is 62.4. The van der Waals surface area contributed by atoms with Gasteiger partial charge in [-0.2, -0.15) is 0 Å². The van der Waals surface area contributed by atoms with Gasteiger partial charge in [-0.3, -0.25) is 14.4 Å². The van der Waals surface area contributed by atoms with Gasteiger partial charge in [0, 0.05) is 19.3 Å². The third kappa shape index (κ3) is 63.9. The first-order chi connectivity index (χ1) is 39.5. The van der Waals surface area contributed by atoms with Crippen LogP contribution in [0.25, 0.3) is 0 Å². The molecule has 0 fully saturated rings. The van der Waals surface area contributed by atoms with Crippen molar-refractivity contribution >= 4 is 17.9 Å². The topological polar surface area (TPSA) is 78.9 Å². The van der Waals surface area contributed by atoms with Crippen LogP contribution in [0.4, 0.5) is 0 Å². The van der Waals surface area contributed by atoms with Gasteiger partial charge in [-0.05, 0) is 154 Å². The molecule has 0 aromatic carbocycles. The summed E-state index contributed by atoms with van der Waals surface area (Å²) in [5, 5.41) is 0. The molecular weight excluding hydrogens is 985 g/mol. The summed E-state index contributed by atoms with van der Waals surface area (Å²) in [6.07, 6.45) is 96.7.